The molecule has 0 aliphatic heterocycles. The molecule has 43 heavy (non-hydrogen) atoms. The van der Waals surface area contributed by atoms with Gasteiger partial charge in [-0.15, -0.1) is 11.3 Å². The van der Waals surface area contributed by atoms with Crippen molar-refractivity contribution in [3.8, 4) is 56.5 Å². The summed E-state index contributed by atoms with van der Waals surface area (Å²) in [4.78, 5) is 23.7. The minimum absolute atomic E-state index is 0.640. The van der Waals surface area contributed by atoms with Gasteiger partial charge in [0, 0.05) is 56.3 Å². The van der Waals surface area contributed by atoms with Crippen LogP contribution >= 0.6 is 11.3 Å². The van der Waals surface area contributed by atoms with Gasteiger partial charge in [-0.2, -0.15) is 0 Å². The highest BCUT2D eigenvalue weighted by atomic mass is 32.1. The molecule has 0 saturated heterocycles. The highest BCUT2D eigenvalue weighted by molar-refractivity contribution is 7.26. The molecule has 0 radical (unpaired) electrons. The van der Waals surface area contributed by atoms with Gasteiger partial charge >= 0.3 is 0 Å². The molecule has 0 bridgehead atoms. The number of fused-ring (bicyclic) bond motifs is 3. The molecule has 0 amide bonds. The lowest BCUT2D eigenvalue weighted by Gasteiger charge is -2.10. The molecule has 0 fully saturated rings. The van der Waals surface area contributed by atoms with Gasteiger partial charge in [-0.25, -0.2) is 15.0 Å². The molecule has 4 heterocycles. The quantitative estimate of drug-likeness (QED) is 0.207. The highest BCUT2D eigenvalue weighted by Crippen LogP contribution is 2.38. The summed E-state index contributed by atoms with van der Waals surface area (Å²) in [6.45, 7) is 0. The van der Waals surface area contributed by atoms with Crippen molar-refractivity contribution in [2.45, 2.75) is 0 Å². The third kappa shape index (κ3) is 4.74. The summed E-state index contributed by atoms with van der Waals surface area (Å²) >= 11 is 1.76. The first-order valence-corrected chi connectivity index (χ1v) is 14.8. The van der Waals surface area contributed by atoms with Crippen LogP contribution in [-0.2, 0) is 0 Å². The van der Waals surface area contributed by atoms with Crippen LogP contribution in [0.3, 0.4) is 0 Å². The van der Waals surface area contributed by atoms with Gasteiger partial charge in [0.15, 0.2) is 17.5 Å². The lowest BCUT2D eigenvalue weighted by atomic mass is 10.00. The van der Waals surface area contributed by atoms with Crippen LogP contribution in [0.4, 0.5) is 0 Å². The Morgan fingerprint density at radius 1 is 0.442 bits per heavy atom. The Balaban J connectivity index is 1.18. The van der Waals surface area contributed by atoms with E-state index in [1.54, 1.807) is 11.3 Å². The molecule has 8 rings (SSSR count). The number of benzene rings is 4. The van der Waals surface area contributed by atoms with E-state index < -0.39 is 0 Å². The number of thiophene rings is 1. The molecule has 0 N–H and O–H groups in total. The van der Waals surface area contributed by atoms with E-state index in [9.17, 15) is 0 Å². The first-order valence-electron chi connectivity index (χ1n) is 14.0. The van der Waals surface area contributed by atoms with Crippen LogP contribution in [0.5, 0.6) is 0 Å². The molecule has 4 aromatic carbocycles. The van der Waals surface area contributed by atoms with Crippen LogP contribution in [0.25, 0.3) is 76.7 Å². The molecule has 8 aromatic rings. The third-order valence-corrected chi connectivity index (χ3v) is 8.69. The fraction of sp³-hybridized carbons (Fsp3) is 0. The molecular formula is C37H23N5S. The van der Waals surface area contributed by atoms with E-state index in [1.165, 1.54) is 20.2 Å². The Kier molecular flexibility index (Phi) is 6.24. The molecule has 0 aliphatic rings. The zero-order valence-electron chi connectivity index (χ0n) is 22.9. The second-order valence-corrected chi connectivity index (χ2v) is 11.3. The molecule has 0 aliphatic carbocycles. The lowest BCUT2D eigenvalue weighted by molar-refractivity contribution is 1.07. The van der Waals surface area contributed by atoms with Crippen molar-refractivity contribution < 1.29 is 0 Å². The molecule has 5 nitrogen and oxygen atoms in total. The van der Waals surface area contributed by atoms with Crippen molar-refractivity contribution in [3.63, 3.8) is 0 Å². The number of nitrogens with zero attached hydrogens (tertiary/aromatic N) is 5. The van der Waals surface area contributed by atoms with Crippen LogP contribution in [0.1, 0.15) is 0 Å². The normalized spacial score (nSPS) is 11.3. The second-order valence-electron chi connectivity index (χ2n) is 10.2. The average molecular weight is 570 g/mol. The van der Waals surface area contributed by atoms with Gasteiger partial charge in [-0.3, -0.25) is 9.97 Å². The first kappa shape index (κ1) is 25.1. The van der Waals surface area contributed by atoms with E-state index in [0.29, 0.717) is 17.5 Å². The Morgan fingerprint density at radius 2 is 1.05 bits per heavy atom. The van der Waals surface area contributed by atoms with E-state index in [1.807, 2.05) is 79.3 Å². The van der Waals surface area contributed by atoms with Crippen molar-refractivity contribution >= 4 is 31.5 Å². The summed E-state index contributed by atoms with van der Waals surface area (Å²) < 4.78 is 2.40. The maximum absolute atomic E-state index is 4.90. The largest absolute Gasteiger partial charge is 0.264 e. The summed E-state index contributed by atoms with van der Waals surface area (Å²) in [6, 6.07) is 41.2. The second kappa shape index (κ2) is 10.7. The number of hydrogen-bond acceptors (Lipinski definition) is 6. The Bertz CT molecular complexity index is 2170. The summed E-state index contributed by atoms with van der Waals surface area (Å²) in [6.07, 6.45) is 5.66. The molecule has 0 saturated carbocycles. The predicted octanol–water partition coefficient (Wildman–Crippen LogP) is 9.36. The Morgan fingerprint density at radius 3 is 1.74 bits per heavy atom. The fourth-order valence-electron chi connectivity index (χ4n) is 5.35. The Hall–Kier alpha value is -5.59. The standard InChI is InChI=1S/C37H23N5S/c1-3-8-26(9-4-1)35-40-36(27-10-5-2-6-11-27)42-37(41-35)29-13-7-12-28(22-29)24-14-16-25(17-15-24)33-34-30(18-21-39-33)31-23-38-20-19-32(31)43-34/h1-23H. The van der Waals surface area contributed by atoms with Crippen molar-refractivity contribution in [1.82, 2.24) is 24.9 Å². The molecule has 0 atom stereocenters. The Labute approximate surface area is 252 Å². The van der Waals surface area contributed by atoms with Crippen LogP contribution in [0, 0.1) is 0 Å². The van der Waals surface area contributed by atoms with Gasteiger partial charge in [-0.1, -0.05) is 103 Å². The van der Waals surface area contributed by atoms with E-state index in [4.69, 9.17) is 19.9 Å². The summed E-state index contributed by atoms with van der Waals surface area (Å²) in [5, 5.41) is 2.36. The van der Waals surface area contributed by atoms with Crippen LogP contribution in [0.2, 0.25) is 0 Å². The van der Waals surface area contributed by atoms with Crippen LogP contribution in [-0.4, -0.2) is 24.9 Å². The molecule has 0 spiro atoms. The fourth-order valence-corrected chi connectivity index (χ4v) is 6.52. The van der Waals surface area contributed by atoms with Gasteiger partial charge in [-0.05, 0) is 29.3 Å². The number of aromatic nitrogens is 5. The van der Waals surface area contributed by atoms with Crippen LogP contribution in [0.15, 0.2) is 140 Å². The van der Waals surface area contributed by atoms with E-state index in [-0.39, 0.29) is 0 Å². The monoisotopic (exact) mass is 569 g/mol. The summed E-state index contributed by atoms with van der Waals surface area (Å²) in [5.41, 5.74) is 7.12. The highest BCUT2D eigenvalue weighted by Gasteiger charge is 2.14. The van der Waals surface area contributed by atoms with Gasteiger partial charge in [0.25, 0.3) is 0 Å². The van der Waals surface area contributed by atoms with Crippen molar-refractivity contribution in [2.75, 3.05) is 0 Å². The topological polar surface area (TPSA) is 64.5 Å². The molecular weight excluding hydrogens is 547 g/mol. The van der Waals surface area contributed by atoms with E-state index in [0.717, 1.165) is 39.1 Å². The van der Waals surface area contributed by atoms with Gasteiger partial charge in [0.05, 0.1) is 10.4 Å². The number of pyridine rings is 2. The van der Waals surface area contributed by atoms with Crippen LogP contribution < -0.4 is 0 Å². The van der Waals surface area contributed by atoms with E-state index >= 15 is 0 Å². The average Bonchev–Trinajstić information content (AvgIpc) is 3.48. The number of hydrogen-bond donors (Lipinski definition) is 0. The van der Waals surface area contributed by atoms with Crippen molar-refractivity contribution in [3.05, 3.63) is 140 Å². The van der Waals surface area contributed by atoms with Gasteiger partial charge in [0.1, 0.15) is 0 Å². The molecule has 0 unspecified atom stereocenters. The molecule has 4 aromatic heterocycles. The minimum Gasteiger partial charge on any atom is -0.264 e. The number of rotatable bonds is 5. The van der Waals surface area contributed by atoms with Gasteiger partial charge < -0.3 is 0 Å². The third-order valence-electron chi connectivity index (χ3n) is 7.50. The molecule has 202 valence electrons. The first-order chi connectivity index (χ1) is 21.3. The van der Waals surface area contributed by atoms with E-state index in [2.05, 4.69) is 65.6 Å². The smallest absolute Gasteiger partial charge is 0.164 e. The zero-order valence-corrected chi connectivity index (χ0v) is 23.7. The minimum atomic E-state index is 0.640. The van der Waals surface area contributed by atoms with Crippen molar-refractivity contribution in [2.24, 2.45) is 0 Å². The SMILES string of the molecule is c1ccc(-c2nc(-c3ccccc3)nc(-c3cccc(-c4ccc(-c5nccc6c5sc5ccncc56)cc4)c3)n2)cc1. The van der Waals surface area contributed by atoms with Gasteiger partial charge in [0.2, 0.25) is 0 Å². The molecule has 6 heteroatoms. The van der Waals surface area contributed by atoms with Crippen molar-refractivity contribution in [1.29, 1.82) is 0 Å². The maximum Gasteiger partial charge on any atom is 0.164 e. The lowest BCUT2D eigenvalue weighted by Crippen LogP contribution is -2.00. The summed E-state index contributed by atoms with van der Waals surface area (Å²) in [5.74, 6) is 1.94. The summed E-state index contributed by atoms with van der Waals surface area (Å²) in [7, 11) is 0. The maximum atomic E-state index is 4.90. The predicted molar refractivity (Wildman–Crippen MR) is 175 cm³/mol. The zero-order chi connectivity index (χ0) is 28.6.